The van der Waals surface area contributed by atoms with Crippen LogP contribution < -0.4 is 4.90 Å². The fourth-order valence-electron chi connectivity index (χ4n) is 19.3. The Morgan fingerprint density at radius 1 is 0.447 bits per heavy atom. The van der Waals surface area contributed by atoms with Crippen molar-refractivity contribution in [1.82, 2.24) is 0 Å². The van der Waals surface area contributed by atoms with E-state index in [4.69, 9.17) is 0 Å². The molecule has 0 radical (unpaired) electrons. The maximum absolute atomic E-state index is 2.89. The first-order valence-corrected chi connectivity index (χ1v) is 29.4. The van der Waals surface area contributed by atoms with Crippen molar-refractivity contribution in [3.63, 3.8) is 0 Å². The molecule has 4 fully saturated rings. The van der Waals surface area contributed by atoms with Crippen LogP contribution in [0.15, 0.2) is 188 Å². The van der Waals surface area contributed by atoms with Gasteiger partial charge in [-0.3, -0.25) is 0 Å². The summed E-state index contributed by atoms with van der Waals surface area (Å²) in [6.45, 7) is 2.47. The second kappa shape index (κ2) is 15.5. The standard InChI is InChI=1S/C75H63N/c1-2-44-32-45-24-25-48-37-70-72(66-40-63-50-35-52-38-53-36-51(43-74(52,53)42-50)64(63)41-69(66)75(70)67-22-12-10-20-61(67)62-21-11-13-23-68(62)75)73(71(48)49(33-44)34-45)76(54-28-26-47(27-29-54)46-14-4-3-5-15-46)55-30-31-60-58-18-7-6-16-56(58)57-17-8-9-19-59(57)65(60)39-55/h3-23,26-31,37,39-41,44-45,49-53H,2,24-25,32-36,38,42-43H2,1H3. The van der Waals surface area contributed by atoms with Crippen LogP contribution in [0.25, 0.3) is 65.7 Å². The summed E-state index contributed by atoms with van der Waals surface area (Å²) in [5, 5.41) is 7.94. The lowest BCUT2D eigenvalue weighted by Crippen LogP contribution is -2.41. The Balaban J connectivity index is 0.996. The van der Waals surface area contributed by atoms with Crippen LogP contribution in [-0.4, -0.2) is 0 Å². The second-order valence-corrected chi connectivity index (χ2v) is 25.4. The zero-order chi connectivity index (χ0) is 49.6. The van der Waals surface area contributed by atoms with Gasteiger partial charge in [0.25, 0.3) is 0 Å². The van der Waals surface area contributed by atoms with Crippen LogP contribution in [0, 0.1) is 29.1 Å². The van der Waals surface area contributed by atoms with Crippen molar-refractivity contribution >= 4 is 49.4 Å². The molecule has 2 spiro atoms. The zero-order valence-corrected chi connectivity index (χ0v) is 43.7. The summed E-state index contributed by atoms with van der Waals surface area (Å²) in [6.07, 6.45) is 14.7. The largest absolute Gasteiger partial charge is 0.310 e. The summed E-state index contributed by atoms with van der Waals surface area (Å²) in [6, 6.07) is 74.5. The van der Waals surface area contributed by atoms with E-state index in [2.05, 4.69) is 200 Å². The molecule has 8 aliphatic rings. The maximum atomic E-state index is 2.89. The van der Waals surface area contributed by atoms with E-state index in [1.165, 1.54) is 164 Å². The van der Waals surface area contributed by atoms with Crippen LogP contribution in [0.2, 0.25) is 0 Å². The van der Waals surface area contributed by atoms with E-state index in [9.17, 15) is 0 Å². The fraction of sp³-hybridized carbons (Fsp3) is 0.280. The molecule has 0 N–H and O–H groups in total. The van der Waals surface area contributed by atoms with Crippen molar-refractivity contribution in [2.24, 2.45) is 29.1 Å². The molecule has 1 heteroatoms. The molecular weight excluding hydrogens is 915 g/mol. The number of rotatable bonds is 5. The third-order valence-corrected chi connectivity index (χ3v) is 22.3. The number of benzene rings is 10. The van der Waals surface area contributed by atoms with Crippen LogP contribution in [0.1, 0.15) is 133 Å². The van der Waals surface area contributed by atoms with Crippen molar-refractivity contribution in [2.45, 2.75) is 101 Å². The van der Waals surface area contributed by atoms with Crippen molar-refractivity contribution in [2.75, 3.05) is 4.90 Å². The number of hydrogen-bond acceptors (Lipinski definition) is 1. The highest BCUT2D eigenvalue weighted by molar-refractivity contribution is 6.26. The molecule has 10 aromatic carbocycles. The number of fused-ring (bicyclic) bond motifs is 25. The summed E-state index contributed by atoms with van der Waals surface area (Å²) in [5.74, 6) is 5.15. The van der Waals surface area contributed by atoms with E-state index in [1.807, 2.05) is 0 Å². The molecule has 0 aliphatic heterocycles. The molecule has 10 aromatic rings. The van der Waals surface area contributed by atoms with Gasteiger partial charge in [-0.05, 0) is 240 Å². The minimum absolute atomic E-state index is 0.435. The summed E-state index contributed by atoms with van der Waals surface area (Å²) in [5.41, 5.74) is 25.2. The van der Waals surface area contributed by atoms with Crippen molar-refractivity contribution < 1.29 is 0 Å². The van der Waals surface area contributed by atoms with Gasteiger partial charge in [-0.25, -0.2) is 0 Å². The van der Waals surface area contributed by atoms with Gasteiger partial charge in [-0.15, -0.1) is 0 Å². The lowest BCUT2D eigenvalue weighted by Gasteiger charge is -2.48. The lowest BCUT2D eigenvalue weighted by molar-refractivity contribution is 0.00322. The van der Waals surface area contributed by atoms with E-state index in [1.54, 1.807) is 27.8 Å². The topological polar surface area (TPSA) is 3.24 Å². The van der Waals surface area contributed by atoms with Crippen LogP contribution in [0.5, 0.6) is 0 Å². The third-order valence-electron chi connectivity index (χ3n) is 22.3. The molecule has 0 aromatic heterocycles. The number of nitrogens with zero attached hydrogens (tertiary/aromatic N) is 1. The van der Waals surface area contributed by atoms with Gasteiger partial charge in [0.15, 0.2) is 0 Å². The Labute approximate surface area is 447 Å². The average Bonchev–Trinajstić information content (AvgIpc) is 4.31. The highest BCUT2D eigenvalue weighted by Gasteiger charge is 2.66. The number of hydrogen-bond donors (Lipinski definition) is 0. The number of aryl methyl sites for hydroxylation is 1. The molecule has 0 saturated heterocycles. The third kappa shape index (κ3) is 5.52. The van der Waals surface area contributed by atoms with Gasteiger partial charge in [0.2, 0.25) is 0 Å². The van der Waals surface area contributed by atoms with E-state index >= 15 is 0 Å². The van der Waals surface area contributed by atoms with Crippen molar-refractivity contribution in [1.29, 1.82) is 0 Å². The smallest absolute Gasteiger partial charge is 0.0726 e. The molecule has 8 atom stereocenters. The monoisotopic (exact) mass is 977 g/mol. The molecule has 8 unspecified atom stereocenters. The number of anilines is 3. The van der Waals surface area contributed by atoms with E-state index in [-0.39, 0.29) is 0 Å². The predicted molar refractivity (Wildman–Crippen MR) is 316 cm³/mol. The van der Waals surface area contributed by atoms with Gasteiger partial charge >= 0.3 is 0 Å². The second-order valence-electron chi connectivity index (χ2n) is 25.4. The van der Waals surface area contributed by atoms with E-state index in [0.29, 0.717) is 23.2 Å². The molecule has 368 valence electrons. The Morgan fingerprint density at radius 2 is 1.04 bits per heavy atom. The minimum Gasteiger partial charge on any atom is -0.310 e. The van der Waals surface area contributed by atoms with Gasteiger partial charge in [0, 0.05) is 16.9 Å². The first-order valence-electron chi connectivity index (χ1n) is 29.4. The summed E-state index contributed by atoms with van der Waals surface area (Å²) in [4.78, 5) is 2.83. The molecule has 1 nitrogen and oxygen atoms in total. The lowest BCUT2D eigenvalue weighted by atomic mass is 9.56. The molecule has 76 heavy (non-hydrogen) atoms. The summed E-state index contributed by atoms with van der Waals surface area (Å²) in [7, 11) is 0. The van der Waals surface area contributed by atoms with Gasteiger partial charge in [0.05, 0.1) is 11.1 Å². The Bertz CT molecular complexity index is 4040. The molecule has 5 bridgehead atoms. The Morgan fingerprint density at radius 3 is 1.72 bits per heavy atom. The van der Waals surface area contributed by atoms with E-state index < -0.39 is 5.41 Å². The fourth-order valence-corrected chi connectivity index (χ4v) is 19.3. The molecule has 0 amide bonds. The molecule has 0 heterocycles. The van der Waals surface area contributed by atoms with Crippen molar-refractivity contribution in [3.05, 3.63) is 233 Å². The first-order chi connectivity index (χ1) is 37.6. The molecule has 18 rings (SSSR count). The zero-order valence-electron chi connectivity index (χ0n) is 43.7. The van der Waals surface area contributed by atoms with Crippen LogP contribution in [0.3, 0.4) is 0 Å². The minimum atomic E-state index is -0.435. The van der Waals surface area contributed by atoms with Crippen LogP contribution in [0.4, 0.5) is 17.1 Å². The van der Waals surface area contributed by atoms with Crippen molar-refractivity contribution in [3.8, 4) is 33.4 Å². The normalized spacial score (nSPS) is 26.0. The Hall–Kier alpha value is -7.22. The van der Waals surface area contributed by atoms with Gasteiger partial charge in [0.1, 0.15) is 0 Å². The maximum Gasteiger partial charge on any atom is 0.0726 e. The summed E-state index contributed by atoms with van der Waals surface area (Å²) < 4.78 is 0. The van der Waals surface area contributed by atoms with Crippen LogP contribution >= 0.6 is 0 Å². The molecular formula is C75H63N. The Kier molecular flexibility index (Phi) is 8.74. The van der Waals surface area contributed by atoms with Crippen LogP contribution in [-0.2, 0) is 11.8 Å². The highest BCUT2D eigenvalue weighted by atomic mass is 15.1. The molecule has 4 saturated carbocycles. The SMILES string of the molecule is CCC1CC2CCc3cc4c(c(N(c5ccc(-c6ccccc6)cc5)c5ccc6c7ccccc7c7ccccc7c6c5)c3C(C1)C2)-c1cc2c(cc1C41c3ccccc3-c3ccccc31)C1CC3CC4CC2CC43C1. The quantitative estimate of drug-likeness (QED) is 0.155. The van der Waals surface area contributed by atoms with Gasteiger partial charge in [-0.2, -0.15) is 0 Å². The molecule has 8 aliphatic carbocycles. The van der Waals surface area contributed by atoms with Gasteiger partial charge < -0.3 is 4.90 Å². The summed E-state index contributed by atoms with van der Waals surface area (Å²) >= 11 is 0. The first kappa shape index (κ1) is 42.9. The average molecular weight is 978 g/mol. The predicted octanol–water partition coefficient (Wildman–Crippen LogP) is 19.9. The van der Waals surface area contributed by atoms with E-state index in [0.717, 1.165) is 30.1 Å². The highest BCUT2D eigenvalue weighted by Crippen LogP contribution is 2.77. The van der Waals surface area contributed by atoms with Gasteiger partial charge in [-0.1, -0.05) is 177 Å².